The van der Waals surface area contributed by atoms with Crippen LogP contribution in [-0.4, -0.2) is 5.91 Å². The molecule has 0 unspecified atom stereocenters. The molecule has 0 saturated heterocycles. The summed E-state index contributed by atoms with van der Waals surface area (Å²) in [4.78, 5) is 11.3. The zero-order valence-electron chi connectivity index (χ0n) is 13.4. The molecule has 1 saturated carbocycles. The molecule has 1 amide bonds. The van der Waals surface area contributed by atoms with Crippen LogP contribution >= 0.6 is 0 Å². The van der Waals surface area contributed by atoms with E-state index in [2.05, 4.69) is 0 Å². The summed E-state index contributed by atoms with van der Waals surface area (Å²) in [5.74, 6) is -0.173. The lowest BCUT2D eigenvalue weighted by Gasteiger charge is -2.13. The van der Waals surface area contributed by atoms with E-state index in [-0.39, 0.29) is 12.2 Å². The van der Waals surface area contributed by atoms with Crippen molar-refractivity contribution in [2.45, 2.75) is 39.2 Å². The summed E-state index contributed by atoms with van der Waals surface area (Å²) in [7, 11) is 0. The van der Waals surface area contributed by atoms with E-state index in [1.54, 1.807) is 6.07 Å². The van der Waals surface area contributed by atoms with Crippen molar-refractivity contribution >= 4 is 5.91 Å². The van der Waals surface area contributed by atoms with Crippen LogP contribution in [0, 0.1) is 19.7 Å². The number of ether oxygens (including phenoxy) is 1. The van der Waals surface area contributed by atoms with Crippen molar-refractivity contribution in [3.8, 4) is 5.75 Å². The van der Waals surface area contributed by atoms with E-state index in [1.807, 2.05) is 32.0 Å². The highest BCUT2D eigenvalue weighted by Crippen LogP contribution is 2.42. The molecule has 120 valence electrons. The van der Waals surface area contributed by atoms with Gasteiger partial charge in [-0.25, -0.2) is 4.39 Å². The Morgan fingerprint density at radius 3 is 2.57 bits per heavy atom. The fourth-order valence-electron chi connectivity index (χ4n) is 2.68. The number of carbonyl (C=O) groups is 1. The van der Waals surface area contributed by atoms with Crippen molar-refractivity contribution in [1.82, 2.24) is 0 Å². The van der Waals surface area contributed by atoms with Crippen LogP contribution in [0.4, 0.5) is 4.39 Å². The second-order valence-electron chi connectivity index (χ2n) is 6.20. The monoisotopic (exact) mass is 313 g/mol. The molecule has 0 radical (unpaired) electrons. The second kappa shape index (κ2) is 6.03. The Balaban J connectivity index is 1.85. The Morgan fingerprint density at radius 1 is 1.22 bits per heavy atom. The van der Waals surface area contributed by atoms with Gasteiger partial charge in [0, 0.05) is 0 Å². The van der Waals surface area contributed by atoms with E-state index < -0.39 is 11.7 Å². The van der Waals surface area contributed by atoms with Gasteiger partial charge in [-0.1, -0.05) is 6.07 Å². The van der Waals surface area contributed by atoms with Crippen molar-refractivity contribution in [3.05, 3.63) is 64.0 Å². The molecule has 23 heavy (non-hydrogen) atoms. The van der Waals surface area contributed by atoms with Gasteiger partial charge < -0.3 is 10.5 Å². The van der Waals surface area contributed by atoms with Crippen LogP contribution in [0.2, 0.25) is 0 Å². The van der Waals surface area contributed by atoms with Gasteiger partial charge in [-0.05, 0) is 79.1 Å². The first kappa shape index (κ1) is 15.5. The van der Waals surface area contributed by atoms with E-state index in [1.165, 1.54) is 11.6 Å². The zero-order valence-corrected chi connectivity index (χ0v) is 13.4. The summed E-state index contributed by atoms with van der Waals surface area (Å²) < 4.78 is 19.9. The van der Waals surface area contributed by atoms with Gasteiger partial charge in [0.15, 0.2) is 0 Å². The fraction of sp³-hybridized carbons (Fsp3) is 0.316. The lowest BCUT2D eigenvalue weighted by molar-refractivity contribution is 0.0996. The van der Waals surface area contributed by atoms with Crippen molar-refractivity contribution in [2.75, 3.05) is 0 Å². The van der Waals surface area contributed by atoms with E-state index in [0.717, 1.165) is 35.3 Å². The lowest BCUT2D eigenvalue weighted by Crippen LogP contribution is -2.15. The zero-order chi connectivity index (χ0) is 16.6. The number of hydrogen-bond acceptors (Lipinski definition) is 2. The number of rotatable bonds is 5. The normalized spacial score (nSPS) is 13.9. The molecule has 1 aliphatic rings. The quantitative estimate of drug-likeness (QED) is 0.907. The minimum atomic E-state index is -0.731. The molecule has 2 aromatic carbocycles. The molecule has 2 aromatic rings. The number of halogens is 1. The first-order valence-electron chi connectivity index (χ1n) is 7.78. The molecule has 1 aliphatic carbocycles. The minimum Gasteiger partial charge on any atom is -0.489 e. The number of aryl methyl sites for hydroxylation is 2. The Labute approximate surface area is 135 Å². The van der Waals surface area contributed by atoms with Gasteiger partial charge in [-0.3, -0.25) is 4.79 Å². The number of hydrogen-bond donors (Lipinski definition) is 1. The van der Waals surface area contributed by atoms with Gasteiger partial charge in [0.2, 0.25) is 0 Å². The van der Waals surface area contributed by atoms with Gasteiger partial charge >= 0.3 is 0 Å². The van der Waals surface area contributed by atoms with Gasteiger partial charge in [0.1, 0.15) is 18.2 Å². The van der Waals surface area contributed by atoms with Crippen LogP contribution in [0.15, 0.2) is 30.3 Å². The molecule has 0 heterocycles. The van der Waals surface area contributed by atoms with Crippen LogP contribution in [0.5, 0.6) is 5.75 Å². The SMILES string of the molecule is Cc1ccc(OCc2cc(F)c(C(N)=O)cc2C2CC2)cc1C. The van der Waals surface area contributed by atoms with Gasteiger partial charge in [-0.15, -0.1) is 0 Å². The highest BCUT2D eigenvalue weighted by molar-refractivity contribution is 5.93. The van der Waals surface area contributed by atoms with Crippen LogP contribution in [0.25, 0.3) is 0 Å². The highest BCUT2D eigenvalue weighted by atomic mass is 19.1. The third-order valence-corrected chi connectivity index (χ3v) is 4.38. The summed E-state index contributed by atoms with van der Waals surface area (Å²) >= 11 is 0. The molecule has 3 nitrogen and oxygen atoms in total. The standard InChI is InChI=1S/C19H20FNO2/c1-11-3-6-15(7-12(11)2)23-10-14-8-18(20)17(19(21)22)9-16(14)13-4-5-13/h3,6-9,13H,4-5,10H2,1-2H3,(H2,21,22). The minimum absolute atomic E-state index is 0.0400. The van der Waals surface area contributed by atoms with Gasteiger partial charge in [-0.2, -0.15) is 0 Å². The van der Waals surface area contributed by atoms with E-state index >= 15 is 0 Å². The van der Waals surface area contributed by atoms with E-state index in [4.69, 9.17) is 10.5 Å². The molecule has 3 rings (SSSR count). The largest absolute Gasteiger partial charge is 0.489 e. The maximum Gasteiger partial charge on any atom is 0.251 e. The molecule has 0 aromatic heterocycles. The molecule has 2 N–H and O–H groups in total. The molecular formula is C19H20FNO2. The summed E-state index contributed by atoms with van der Waals surface area (Å²) in [5, 5.41) is 0. The Bertz CT molecular complexity index is 766. The topological polar surface area (TPSA) is 52.3 Å². The fourth-order valence-corrected chi connectivity index (χ4v) is 2.68. The Kier molecular flexibility index (Phi) is 4.07. The number of primary amides is 1. The second-order valence-corrected chi connectivity index (χ2v) is 6.20. The predicted octanol–water partition coefficient (Wildman–Crippen LogP) is 4.00. The van der Waals surface area contributed by atoms with Gasteiger partial charge in [0.25, 0.3) is 5.91 Å². The van der Waals surface area contributed by atoms with Crippen LogP contribution < -0.4 is 10.5 Å². The highest BCUT2D eigenvalue weighted by Gasteiger charge is 2.28. The first-order valence-corrected chi connectivity index (χ1v) is 7.78. The molecule has 4 heteroatoms. The summed E-state index contributed by atoms with van der Waals surface area (Å²) in [5.41, 5.74) is 9.32. The van der Waals surface area contributed by atoms with Crippen LogP contribution in [-0.2, 0) is 6.61 Å². The molecular weight excluding hydrogens is 293 g/mol. The smallest absolute Gasteiger partial charge is 0.251 e. The van der Waals surface area contributed by atoms with Crippen molar-refractivity contribution < 1.29 is 13.9 Å². The summed E-state index contributed by atoms with van der Waals surface area (Å²) in [6.07, 6.45) is 2.11. The summed E-state index contributed by atoms with van der Waals surface area (Å²) in [6, 6.07) is 8.86. The Morgan fingerprint density at radius 2 is 1.96 bits per heavy atom. The molecule has 1 fully saturated rings. The van der Waals surface area contributed by atoms with Crippen molar-refractivity contribution in [1.29, 1.82) is 0 Å². The van der Waals surface area contributed by atoms with Crippen molar-refractivity contribution in [2.24, 2.45) is 5.73 Å². The number of amides is 1. The first-order chi connectivity index (χ1) is 11.0. The third-order valence-electron chi connectivity index (χ3n) is 4.38. The summed E-state index contributed by atoms with van der Waals surface area (Å²) in [6.45, 7) is 4.35. The average Bonchev–Trinajstić information content (AvgIpc) is 3.33. The van der Waals surface area contributed by atoms with Crippen molar-refractivity contribution in [3.63, 3.8) is 0 Å². The maximum atomic E-state index is 14.1. The number of benzene rings is 2. The van der Waals surface area contributed by atoms with E-state index in [9.17, 15) is 9.18 Å². The van der Waals surface area contributed by atoms with Gasteiger partial charge in [0.05, 0.1) is 5.56 Å². The average molecular weight is 313 g/mol. The Hall–Kier alpha value is -2.36. The number of nitrogens with two attached hydrogens (primary N) is 1. The molecule has 0 aliphatic heterocycles. The van der Waals surface area contributed by atoms with Crippen LogP contribution in [0.3, 0.4) is 0 Å². The maximum absolute atomic E-state index is 14.1. The number of carbonyl (C=O) groups excluding carboxylic acids is 1. The predicted molar refractivity (Wildman–Crippen MR) is 87.1 cm³/mol. The molecule has 0 bridgehead atoms. The molecule has 0 spiro atoms. The van der Waals surface area contributed by atoms with Crippen LogP contribution in [0.1, 0.15) is 51.4 Å². The third kappa shape index (κ3) is 3.36. The van der Waals surface area contributed by atoms with E-state index in [0.29, 0.717) is 5.92 Å². The lowest BCUT2D eigenvalue weighted by atomic mass is 9.99. The molecule has 0 atom stereocenters.